The Balaban J connectivity index is 1.89. The maximum absolute atomic E-state index is 5.63. The van der Waals surface area contributed by atoms with E-state index in [4.69, 9.17) is 10.5 Å². The molecule has 0 aromatic rings. The van der Waals surface area contributed by atoms with E-state index in [1.54, 1.807) is 0 Å². The van der Waals surface area contributed by atoms with Crippen LogP contribution in [0, 0.1) is 0 Å². The molecule has 2 atom stereocenters. The second-order valence-electron chi connectivity index (χ2n) is 4.15. The maximum Gasteiger partial charge on any atom is 0.0824 e. The molecule has 0 aromatic heterocycles. The molecule has 1 aliphatic heterocycles. The lowest BCUT2D eigenvalue weighted by atomic mass is 10.0. The summed E-state index contributed by atoms with van der Waals surface area (Å²) in [5.41, 5.74) is 5.63. The van der Waals surface area contributed by atoms with E-state index >= 15 is 0 Å². The number of nitrogens with two attached hydrogens (primary N) is 1. The molecule has 14 heavy (non-hydrogen) atoms. The molecule has 2 N–H and O–H groups in total. The van der Waals surface area contributed by atoms with E-state index in [-0.39, 0.29) is 6.10 Å². The molecule has 2 aliphatic rings. The first-order valence-corrected chi connectivity index (χ1v) is 5.62. The van der Waals surface area contributed by atoms with E-state index < -0.39 is 0 Å². The number of rotatable bonds is 2. The molecular weight excluding hydrogens is 176 g/mol. The highest BCUT2D eigenvalue weighted by molar-refractivity contribution is 4.99. The summed E-state index contributed by atoms with van der Waals surface area (Å²) in [4.78, 5) is 2.51. The molecule has 2 rings (SSSR count). The second kappa shape index (κ2) is 4.91. The Hall–Kier alpha value is -0.380. The van der Waals surface area contributed by atoms with Crippen LogP contribution in [-0.2, 0) is 4.74 Å². The maximum atomic E-state index is 5.63. The van der Waals surface area contributed by atoms with Crippen LogP contribution in [0.25, 0.3) is 0 Å². The zero-order valence-corrected chi connectivity index (χ0v) is 8.69. The third-order valence-corrected chi connectivity index (χ3v) is 3.13. The van der Waals surface area contributed by atoms with Gasteiger partial charge in [-0.05, 0) is 19.3 Å². The minimum absolute atomic E-state index is 0.249. The minimum atomic E-state index is 0.249. The highest BCUT2D eigenvalue weighted by Gasteiger charge is 2.24. The molecule has 1 heterocycles. The molecule has 0 spiro atoms. The quantitative estimate of drug-likeness (QED) is 0.662. The summed E-state index contributed by atoms with van der Waals surface area (Å²) in [6, 6.07) is 0.640. The van der Waals surface area contributed by atoms with Crippen LogP contribution in [0.3, 0.4) is 0 Å². The van der Waals surface area contributed by atoms with Gasteiger partial charge in [0.2, 0.25) is 0 Å². The van der Waals surface area contributed by atoms with Crippen molar-refractivity contribution >= 4 is 0 Å². The molecule has 80 valence electrons. The lowest BCUT2D eigenvalue weighted by Gasteiger charge is -2.37. The van der Waals surface area contributed by atoms with Crippen LogP contribution in [0.4, 0.5) is 0 Å². The van der Waals surface area contributed by atoms with Gasteiger partial charge in [-0.15, -0.1) is 0 Å². The molecule has 1 fully saturated rings. The van der Waals surface area contributed by atoms with Crippen LogP contribution >= 0.6 is 0 Å². The Kier molecular flexibility index (Phi) is 3.56. The van der Waals surface area contributed by atoms with Crippen molar-refractivity contribution in [3.8, 4) is 0 Å². The van der Waals surface area contributed by atoms with Gasteiger partial charge in [-0.1, -0.05) is 12.2 Å². The normalized spacial score (nSPS) is 34.6. The van der Waals surface area contributed by atoms with Crippen molar-refractivity contribution in [3.63, 3.8) is 0 Å². The summed E-state index contributed by atoms with van der Waals surface area (Å²) in [5, 5.41) is 0. The Morgan fingerprint density at radius 3 is 3.14 bits per heavy atom. The summed E-state index contributed by atoms with van der Waals surface area (Å²) in [6.07, 6.45) is 8.78. The van der Waals surface area contributed by atoms with E-state index in [9.17, 15) is 0 Å². The van der Waals surface area contributed by atoms with E-state index in [1.807, 2.05) is 0 Å². The summed E-state index contributed by atoms with van der Waals surface area (Å²) in [6.45, 7) is 3.55. The summed E-state index contributed by atoms with van der Waals surface area (Å²) in [7, 11) is 0. The predicted octanol–water partition coefficient (Wildman–Crippen LogP) is 0.755. The van der Waals surface area contributed by atoms with Crippen molar-refractivity contribution in [1.82, 2.24) is 4.90 Å². The first kappa shape index (κ1) is 10.1. The lowest BCUT2D eigenvalue weighted by Crippen LogP contribution is -2.49. The molecule has 2 unspecified atom stereocenters. The van der Waals surface area contributed by atoms with Crippen LogP contribution in [0.15, 0.2) is 12.2 Å². The third kappa shape index (κ3) is 2.35. The van der Waals surface area contributed by atoms with E-state index in [0.717, 1.165) is 19.7 Å². The zero-order valence-electron chi connectivity index (χ0n) is 8.69. The van der Waals surface area contributed by atoms with Crippen molar-refractivity contribution < 1.29 is 4.74 Å². The van der Waals surface area contributed by atoms with Crippen molar-refractivity contribution in [2.75, 3.05) is 26.2 Å². The molecular formula is C11H20N2O. The molecule has 0 saturated carbocycles. The monoisotopic (exact) mass is 196 g/mol. The Bertz CT molecular complexity index is 205. The number of hydrogen-bond acceptors (Lipinski definition) is 3. The van der Waals surface area contributed by atoms with E-state index in [2.05, 4.69) is 17.1 Å². The first-order chi connectivity index (χ1) is 6.90. The molecule has 0 radical (unpaired) electrons. The minimum Gasteiger partial charge on any atom is -0.374 e. The first-order valence-electron chi connectivity index (χ1n) is 5.62. The summed E-state index contributed by atoms with van der Waals surface area (Å²) in [5.74, 6) is 0. The lowest BCUT2D eigenvalue weighted by molar-refractivity contribution is -0.0336. The van der Waals surface area contributed by atoms with Crippen LogP contribution in [0.5, 0.6) is 0 Å². The molecule has 0 aromatic carbocycles. The van der Waals surface area contributed by atoms with Gasteiger partial charge in [-0.3, -0.25) is 4.90 Å². The van der Waals surface area contributed by atoms with Gasteiger partial charge in [-0.25, -0.2) is 0 Å². The van der Waals surface area contributed by atoms with Crippen LogP contribution in [-0.4, -0.2) is 43.3 Å². The summed E-state index contributed by atoms with van der Waals surface area (Å²) < 4.78 is 5.56. The van der Waals surface area contributed by atoms with Crippen LogP contribution in [0.1, 0.15) is 19.3 Å². The van der Waals surface area contributed by atoms with E-state index in [0.29, 0.717) is 12.6 Å². The largest absolute Gasteiger partial charge is 0.374 e. The van der Waals surface area contributed by atoms with Gasteiger partial charge in [0.15, 0.2) is 0 Å². The van der Waals surface area contributed by atoms with Gasteiger partial charge in [0.05, 0.1) is 12.7 Å². The van der Waals surface area contributed by atoms with Crippen molar-refractivity contribution in [2.45, 2.75) is 31.4 Å². The Morgan fingerprint density at radius 2 is 2.43 bits per heavy atom. The fraction of sp³-hybridized carbons (Fsp3) is 0.818. The van der Waals surface area contributed by atoms with Gasteiger partial charge in [0, 0.05) is 25.7 Å². The molecule has 0 bridgehead atoms. The van der Waals surface area contributed by atoms with Gasteiger partial charge in [0.1, 0.15) is 0 Å². The van der Waals surface area contributed by atoms with Crippen molar-refractivity contribution in [3.05, 3.63) is 12.2 Å². The second-order valence-corrected chi connectivity index (χ2v) is 4.15. The SMILES string of the molecule is NCC1CN(C2C=CCCC2)CCO1. The number of ether oxygens (including phenoxy) is 1. The number of hydrogen-bond donors (Lipinski definition) is 1. The average Bonchev–Trinajstić information content (AvgIpc) is 2.30. The fourth-order valence-corrected chi connectivity index (χ4v) is 2.28. The predicted molar refractivity (Wildman–Crippen MR) is 57.1 cm³/mol. The highest BCUT2D eigenvalue weighted by atomic mass is 16.5. The molecule has 1 aliphatic carbocycles. The third-order valence-electron chi connectivity index (χ3n) is 3.13. The summed E-state index contributed by atoms with van der Waals surface area (Å²) >= 11 is 0. The Labute approximate surface area is 85.9 Å². The van der Waals surface area contributed by atoms with Gasteiger partial charge in [-0.2, -0.15) is 0 Å². The van der Waals surface area contributed by atoms with Crippen molar-refractivity contribution in [2.24, 2.45) is 5.73 Å². The standard InChI is InChI=1S/C11H20N2O/c12-8-11-9-13(6-7-14-11)10-4-2-1-3-5-10/h2,4,10-11H,1,3,5-9,12H2. The van der Waals surface area contributed by atoms with Gasteiger partial charge < -0.3 is 10.5 Å². The van der Waals surface area contributed by atoms with Crippen LogP contribution < -0.4 is 5.73 Å². The average molecular weight is 196 g/mol. The molecule has 3 heteroatoms. The fourth-order valence-electron chi connectivity index (χ4n) is 2.28. The number of nitrogens with zero attached hydrogens (tertiary/aromatic N) is 1. The molecule has 1 saturated heterocycles. The van der Waals surface area contributed by atoms with Crippen molar-refractivity contribution in [1.29, 1.82) is 0 Å². The highest BCUT2D eigenvalue weighted by Crippen LogP contribution is 2.18. The Morgan fingerprint density at radius 1 is 1.50 bits per heavy atom. The smallest absolute Gasteiger partial charge is 0.0824 e. The topological polar surface area (TPSA) is 38.5 Å². The van der Waals surface area contributed by atoms with Crippen LogP contribution in [0.2, 0.25) is 0 Å². The van der Waals surface area contributed by atoms with E-state index in [1.165, 1.54) is 19.3 Å². The van der Waals surface area contributed by atoms with Gasteiger partial charge >= 0.3 is 0 Å². The molecule has 0 amide bonds. The number of allylic oxidation sites excluding steroid dienone is 1. The van der Waals surface area contributed by atoms with Gasteiger partial charge in [0.25, 0.3) is 0 Å². The number of morpholine rings is 1. The zero-order chi connectivity index (χ0) is 9.80. The molecule has 3 nitrogen and oxygen atoms in total.